The Morgan fingerprint density at radius 3 is 2.81 bits per heavy atom. The Hall–Kier alpha value is -3.13. The van der Waals surface area contributed by atoms with E-state index in [9.17, 15) is 9.18 Å². The van der Waals surface area contributed by atoms with Gasteiger partial charge in [-0.05, 0) is 37.3 Å². The SMILES string of the molecule is CCn1nccc1C(=O)N(Cc1ccccn1)c1nc2c(F)cccc2s1. The third-order valence-corrected chi connectivity index (χ3v) is 5.16. The Labute approximate surface area is 158 Å². The van der Waals surface area contributed by atoms with E-state index in [1.807, 2.05) is 25.1 Å². The fourth-order valence-corrected chi connectivity index (χ4v) is 3.78. The van der Waals surface area contributed by atoms with Gasteiger partial charge in [0.2, 0.25) is 0 Å². The number of amides is 1. The van der Waals surface area contributed by atoms with Gasteiger partial charge < -0.3 is 0 Å². The largest absolute Gasteiger partial charge is 0.278 e. The van der Waals surface area contributed by atoms with Crippen LogP contribution in [0, 0.1) is 5.82 Å². The van der Waals surface area contributed by atoms with Gasteiger partial charge in [0, 0.05) is 18.9 Å². The quantitative estimate of drug-likeness (QED) is 0.526. The molecule has 0 atom stereocenters. The van der Waals surface area contributed by atoms with Crippen molar-refractivity contribution in [3.8, 4) is 0 Å². The number of carbonyl (C=O) groups is 1. The minimum atomic E-state index is -0.404. The molecule has 27 heavy (non-hydrogen) atoms. The standard InChI is InChI=1S/C19H16FN5OS/c1-2-25-15(9-11-22-25)18(26)24(12-13-6-3-4-10-21-13)19-23-17-14(20)7-5-8-16(17)27-19/h3-11H,2,12H2,1H3. The van der Waals surface area contributed by atoms with E-state index >= 15 is 0 Å². The lowest BCUT2D eigenvalue weighted by molar-refractivity contribution is 0.0974. The van der Waals surface area contributed by atoms with Crippen LogP contribution in [0.1, 0.15) is 23.1 Å². The molecule has 0 aliphatic heterocycles. The number of benzene rings is 1. The zero-order valence-electron chi connectivity index (χ0n) is 14.5. The molecule has 0 saturated carbocycles. The van der Waals surface area contributed by atoms with Crippen LogP contribution in [0.2, 0.25) is 0 Å². The maximum atomic E-state index is 14.1. The highest BCUT2D eigenvalue weighted by molar-refractivity contribution is 7.22. The van der Waals surface area contributed by atoms with Gasteiger partial charge in [0.15, 0.2) is 5.13 Å². The second-order valence-corrected chi connectivity index (χ2v) is 6.84. The Morgan fingerprint density at radius 2 is 2.07 bits per heavy atom. The van der Waals surface area contributed by atoms with Crippen LogP contribution in [-0.4, -0.2) is 25.7 Å². The lowest BCUT2D eigenvalue weighted by atomic mass is 10.3. The number of aryl methyl sites for hydroxylation is 1. The Kier molecular flexibility index (Phi) is 4.64. The van der Waals surface area contributed by atoms with Gasteiger partial charge in [-0.3, -0.25) is 19.4 Å². The van der Waals surface area contributed by atoms with Crippen LogP contribution in [0.15, 0.2) is 54.9 Å². The molecule has 0 radical (unpaired) electrons. The Balaban J connectivity index is 1.79. The minimum absolute atomic E-state index is 0.232. The first kappa shape index (κ1) is 17.3. The first-order valence-electron chi connectivity index (χ1n) is 8.46. The van der Waals surface area contributed by atoms with Crippen LogP contribution < -0.4 is 4.90 Å². The molecule has 4 rings (SSSR count). The summed E-state index contributed by atoms with van der Waals surface area (Å²) in [6, 6.07) is 12.0. The molecule has 6 nitrogen and oxygen atoms in total. The van der Waals surface area contributed by atoms with Gasteiger partial charge in [-0.15, -0.1) is 0 Å². The molecule has 8 heteroatoms. The molecule has 0 unspecified atom stereocenters. The average Bonchev–Trinajstić information content (AvgIpc) is 3.34. The zero-order chi connectivity index (χ0) is 18.8. The summed E-state index contributed by atoms with van der Waals surface area (Å²) >= 11 is 1.27. The zero-order valence-corrected chi connectivity index (χ0v) is 15.4. The molecule has 0 saturated heterocycles. The van der Waals surface area contributed by atoms with E-state index in [1.165, 1.54) is 22.3 Å². The summed E-state index contributed by atoms with van der Waals surface area (Å²) in [5.74, 6) is -0.654. The van der Waals surface area contributed by atoms with Crippen LogP contribution in [0.25, 0.3) is 10.2 Å². The van der Waals surface area contributed by atoms with Gasteiger partial charge in [0.1, 0.15) is 17.0 Å². The van der Waals surface area contributed by atoms with E-state index in [4.69, 9.17) is 0 Å². The van der Waals surface area contributed by atoms with Gasteiger partial charge in [-0.2, -0.15) is 5.10 Å². The highest BCUT2D eigenvalue weighted by atomic mass is 32.1. The maximum Gasteiger partial charge on any atom is 0.278 e. The third kappa shape index (κ3) is 3.31. The minimum Gasteiger partial charge on any atom is -0.277 e. The van der Waals surface area contributed by atoms with Gasteiger partial charge >= 0.3 is 0 Å². The van der Waals surface area contributed by atoms with Crippen LogP contribution in [0.5, 0.6) is 0 Å². The van der Waals surface area contributed by atoms with Crippen molar-refractivity contribution in [1.82, 2.24) is 19.7 Å². The smallest absolute Gasteiger partial charge is 0.277 e. The van der Waals surface area contributed by atoms with E-state index in [-0.39, 0.29) is 18.0 Å². The summed E-state index contributed by atoms with van der Waals surface area (Å²) in [5, 5.41) is 4.60. The number of thiazole rings is 1. The number of aromatic nitrogens is 4. The number of anilines is 1. The van der Waals surface area contributed by atoms with Gasteiger partial charge in [-0.25, -0.2) is 9.37 Å². The number of carbonyl (C=O) groups excluding carboxylic acids is 1. The lowest BCUT2D eigenvalue weighted by Crippen LogP contribution is -2.32. The Morgan fingerprint density at radius 1 is 1.19 bits per heavy atom. The van der Waals surface area contributed by atoms with Crippen LogP contribution in [0.3, 0.4) is 0 Å². The number of rotatable bonds is 5. The second kappa shape index (κ2) is 7.24. The Bertz CT molecular complexity index is 1090. The number of para-hydroxylation sites is 1. The van der Waals surface area contributed by atoms with E-state index in [0.717, 1.165) is 0 Å². The number of pyridine rings is 1. The van der Waals surface area contributed by atoms with Crippen molar-refractivity contribution in [3.63, 3.8) is 0 Å². The molecule has 0 spiro atoms. The number of hydrogen-bond acceptors (Lipinski definition) is 5. The molecular formula is C19H16FN5OS. The molecule has 3 aromatic heterocycles. The summed E-state index contributed by atoms with van der Waals surface area (Å²) in [4.78, 5) is 23.5. The van der Waals surface area contributed by atoms with Crippen molar-refractivity contribution in [2.24, 2.45) is 0 Å². The highest BCUT2D eigenvalue weighted by Crippen LogP contribution is 2.31. The molecule has 1 amide bonds. The van der Waals surface area contributed by atoms with Gasteiger partial charge in [-0.1, -0.05) is 23.5 Å². The highest BCUT2D eigenvalue weighted by Gasteiger charge is 2.25. The number of fused-ring (bicyclic) bond motifs is 1. The van der Waals surface area contributed by atoms with E-state index < -0.39 is 5.82 Å². The molecule has 4 aromatic rings. The molecule has 0 N–H and O–H groups in total. The number of halogens is 1. The van der Waals surface area contributed by atoms with Crippen molar-refractivity contribution in [1.29, 1.82) is 0 Å². The molecule has 136 valence electrons. The fraction of sp³-hybridized carbons (Fsp3) is 0.158. The van der Waals surface area contributed by atoms with Crippen molar-refractivity contribution in [3.05, 3.63) is 72.1 Å². The predicted octanol–water partition coefficient (Wildman–Crippen LogP) is 3.89. The van der Waals surface area contributed by atoms with E-state index in [2.05, 4.69) is 15.1 Å². The van der Waals surface area contributed by atoms with E-state index in [1.54, 1.807) is 35.3 Å². The van der Waals surface area contributed by atoms with Crippen molar-refractivity contribution >= 4 is 32.6 Å². The molecule has 3 heterocycles. The fourth-order valence-electron chi connectivity index (χ4n) is 2.80. The molecule has 0 fully saturated rings. The topological polar surface area (TPSA) is 63.9 Å². The van der Waals surface area contributed by atoms with Gasteiger partial charge in [0.05, 0.1) is 16.9 Å². The monoisotopic (exact) mass is 381 g/mol. The average molecular weight is 381 g/mol. The molecule has 0 aliphatic carbocycles. The number of hydrogen-bond donors (Lipinski definition) is 0. The molecule has 0 aliphatic rings. The summed E-state index contributed by atoms with van der Waals surface area (Å²) in [5.41, 5.74) is 1.43. The normalized spacial score (nSPS) is 11.0. The first-order chi connectivity index (χ1) is 13.2. The summed E-state index contributed by atoms with van der Waals surface area (Å²) in [6.45, 7) is 2.72. The molecule has 0 bridgehead atoms. The van der Waals surface area contributed by atoms with Crippen molar-refractivity contribution in [2.75, 3.05) is 4.90 Å². The summed E-state index contributed by atoms with van der Waals surface area (Å²) in [6.07, 6.45) is 3.26. The van der Waals surface area contributed by atoms with Crippen molar-refractivity contribution in [2.45, 2.75) is 20.0 Å². The van der Waals surface area contributed by atoms with Crippen molar-refractivity contribution < 1.29 is 9.18 Å². The lowest BCUT2D eigenvalue weighted by Gasteiger charge is -2.19. The summed E-state index contributed by atoms with van der Waals surface area (Å²) in [7, 11) is 0. The first-order valence-corrected chi connectivity index (χ1v) is 9.27. The van der Waals surface area contributed by atoms with E-state index in [0.29, 0.717) is 27.8 Å². The van der Waals surface area contributed by atoms with Crippen LogP contribution >= 0.6 is 11.3 Å². The molecular weight excluding hydrogens is 365 g/mol. The van der Waals surface area contributed by atoms with Gasteiger partial charge in [0.25, 0.3) is 5.91 Å². The summed E-state index contributed by atoms with van der Waals surface area (Å²) < 4.78 is 16.4. The predicted molar refractivity (Wildman–Crippen MR) is 102 cm³/mol. The molecule has 1 aromatic carbocycles. The van der Waals surface area contributed by atoms with Crippen LogP contribution in [-0.2, 0) is 13.1 Å². The number of nitrogens with zero attached hydrogens (tertiary/aromatic N) is 5. The second-order valence-electron chi connectivity index (χ2n) is 5.83. The maximum absolute atomic E-state index is 14.1. The van der Waals surface area contributed by atoms with Crippen LogP contribution in [0.4, 0.5) is 9.52 Å². The third-order valence-electron chi connectivity index (χ3n) is 4.12.